The molecule has 3 aromatic carbocycles. The van der Waals surface area contributed by atoms with Crippen molar-refractivity contribution in [3.63, 3.8) is 0 Å². The second-order valence-electron chi connectivity index (χ2n) is 8.34. The Morgan fingerprint density at radius 3 is 1.31 bits per heavy atom. The van der Waals surface area contributed by atoms with Crippen molar-refractivity contribution in [3.05, 3.63) is 107 Å². The van der Waals surface area contributed by atoms with Crippen LogP contribution in [0.3, 0.4) is 0 Å². The van der Waals surface area contributed by atoms with Gasteiger partial charge in [-0.2, -0.15) is 0 Å². The van der Waals surface area contributed by atoms with Gasteiger partial charge in [-0.05, 0) is 62.8 Å². The zero-order chi connectivity index (χ0) is 22.8. The highest BCUT2D eigenvalue weighted by molar-refractivity contribution is 6.07. The number of rotatable bonds is 10. The molecule has 2 unspecified atom stereocenters. The van der Waals surface area contributed by atoms with E-state index in [1.165, 1.54) is 11.1 Å². The number of aryl methyl sites for hydroxylation is 2. The van der Waals surface area contributed by atoms with Crippen LogP contribution in [0.4, 0.5) is 0 Å². The van der Waals surface area contributed by atoms with Gasteiger partial charge in [-0.1, -0.05) is 72.8 Å². The minimum Gasteiger partial charge on any atom is -0.350 e. The summed E-state index contributed by atoms with van der Waals surface area (Å²) in [6.45, 7) is 3.99. The van der Waals surface area contributed by atoms with Crippen LogP contribution >= 0.6 is 0 Å². The van der Waals surface area contributed by atoms with Gasteiger partial charge in [0, 0.05) is 12.1 Å². The molecule has 2 amide bonds. The molecule has 32 heavy (non-hydrogen) atoms. The standard InChI is InChI=1S/C28H32N2O2/c1-21(17-19-23-11-5-3-6-12-23)29-27(31)25-15-9-10-16-26(25)28(32)30-22(2)18-20-24-13-7-4-8-14-24/h3-16,21-22H,17-20H2,1-2H3,(H,29,31)(H,30,32). The summed E-state index contributed by atoms with van der Waals surface area (Å²) >= 11 is 0. The smallest absolute Gasteiger partial charge is 0.252 e. The maximum atomic E-state index is 12.9. The van der Waals surface area contributed by atoms with Crippen molar-refractivity contribution < 1.29 is 9.59 Å². The van der Waals surface area contributed by atoms with Crippen LogP contribution in [0.1, 0.15) is 58.5 Å². The van der Waals surface area contributed by atoms with Gasteiger partial charge in [0.1, 0.15) is 0 Å². The average molecular weight is 429 g/mol. The maximum absolute atomic E-state index is 12.9. The van der Waals surface area contributed by atoms with Crippen LogP contribution in [0.25, 0.3) is 0 Å². The summed E-state index contributed by atoms with van der Waals surface area (Å²) in [4.78, 5) is 25.8. The second kappa shape index (κ2) is 11.8. The highest BCUT2D eigenvalue weighted by atomic mass is 16.2. The Morgan fingerprint density at radius 1 is 0.594 bits per heavy atom. The molecule has 0 aliphatic carbocycles. The van der Waals surface area contributed by atoms with Crippen LogP contribution in [-0.4, -0.2) is 23.9 Å². The summed E-state index contributed by atoms with van der Waals surface area (Å²) in [7, 11) is 0. The molecule has 0 aromatic heterocycles. The van der Waals surface area contributed by atoms with E-state index in [9.17, 15) is 9.59 Å². The van der Waals surface area contributed by atoms with Crippen LogP contribution in [-0.2, 0) is 12.8 Å². The lowest BCUT2D eigenvalue weighted by atomic mass is 10.0. The van der Waals surface area contributed by atoms with E-state index in [1.54, 1.807) is 24.3 Å². The normalized spacial score (nSPS) is 12.6. The van der Waals surface area contributed by atoms with E-state index in [0.717, 1.165) is 25.7 Å². The van der Waals surface area contributed by atoms with Gasteiger partial charge in [0.15, 0.2) is 0 Å². The minimum absolute atomic E-state index is 0.00335. The highest BCUT2D eigenvalue weighted by Crippen LogP contribution is 2.12. The Balaban J connectivity index is 1.55. The van der Waals surface area contributed by atoms with E-state index in [4.69, 9.17) is 0 Å². The summed E-state index contributed by atoms with van der Waals surface area (Å²) in [6, 6.07) is 27.5. The lowest BCUT2D eigenvalue weighted by Crippen LogP contribution is -2.37. The molecule has 2 N–H and O–H groups in total. The third kappa shape index (κ3) is 7.09. The number of carbonyl (C=O) groups excluding carboxylic acids is 2. The van der Waals surface area contributed by atoms with Gasteiger partial charge in [0.2, 0.25) is 0 Å². The number of amides is 2. The molecule has 0 aliphatic rings. The van der Waals surface area contributed by atoms with Crippen molar-refractivity contribution in [3.8, 4) is 0 Å². The molecule has 0 heterocycles. The zero-order valence-electron chi connectivity index (χ0n) is 18.9. The van der Waals surface area contributed by atoms with Crippen LogP contribution in [0.5, 0.6) is 0 Å². The lowest BCUT2D eigenvalue weighted by molar-refractivity contribution is 0.0903. The molecule has 0 spiro atoms. The Bertz CT molecular complexity index is 920. The molecule has 0 saturated heterocycles. The van der Waals surface area contributed by atoms with Crippen molar-refractivity contribution >= 4 is 11.8 Å². The average Bonchev–Trinajstić information content (AvgIpc) is 2.82. The quantitative estimate of drug-likeness (QED) is 0.467. The summed E-state index contributed by atoms with van der Waals surface area (Å²) in [5, 5.41) is 6.09. The summed E-state index contributed by atoms with van der Waals surface area (Å²) in [5.41, 5.74) is 3.31. The highest BCUT2D eigenvalue weighted by Gasteiger charge is 2.19. The molecule has 3 rings (SSSR count). The third-order valence-corrected chi connectivity index (χ3v) is 5.59. The maximum Gasteiger partial charge on any atom is 0.252 e. The fraction of sp³-hybridized carbons (Fsp3) is 0.286. The fourth-order valence-corrected chi connectivity index (χ4v) is 3.68. The zero-order valence-corrected chi connectivity index (χ0v) is 18.9. The van der Waals surface area contributed by atoms with Crippen molar-refractivity contribution in [2.24, 2.45) is 0 Å². The fourth-order valence-electron chi connectivity index (χ4n) is 3.68. The van der Waals surface area contributed by atoms with Crippen LogP contribution in [0.15, 0.2) is 84.9 Å². The predicted octanol–water partition coefficient (Wildman–Crippen LogP) is 5.19. The molecule has 0 aliphatic heterocycles. The summed E-state index contributed by atoms with van der Waals surface area (Å²) in [6.07, 6.45) is 3.45. The monoisotopic (exact) mass is 428 g/mol. The predicted molar refractivity (Wildman–Crippen MR) is 130 cm³/mol. The van der Waals surface area contributed by atoms with Crippen molar-refractivity contribution in [2.75, 3.05) is 0 Å². The molecular formula is C28H32N2O2. The number of benzene rings is 3. The summed E-state index contributed by atoms with van der Waals surface area (Å²) in [5.74, 6) is -0.429. The first-order chi connectivity index (χ1) is 15.5. The minimum atomic E-state index is -0.215. The Morgan fingerprint density at radius 2 is 0.938 bits per heavy atom. The molecule has 3 aromatic rings. The van der Waals surface area contributed by atoms with Gasteiger partial charge in [-0.15, -0.1) is 0 Å². The van der Waals surface area contributed by atoms with Gasteiger partial charge in [0.05, 0.1) is 11.1 Å². The molecule has 4 heteroatoms. The SMILES string of the molecule is CC(CCc1ccccc1)NC(=O)c1ccccc1C(=O)NC(C)CCc1ccccc1. The number of hydrogen-bond acceptors (Lipinski definition) is 2. The number of hydrogen-bond donors (Lipinski definition) is 2. The van der Waals surface area contributed by atoms with E-state index >= 15 is 0 Å². The topological polar surface area (TPSA) is 58.2 Å². The number of carbonyl (C=O) groups is 2. The molecule has 0 saturated carbocycles. The lowest BCUT2D eigenvalue weighted by Gasteiger charge is -2.17. The Kier molecular flexibility index (Phi) is 8.61. The van der Waals surface area contributed by atoms with Gasteiger partial charge >= 0.3 is 0 Å². The molecule has 2 atom stereocenters. The van der Waals surface area contributed by atoms with Gasteiger partial charge in [-0.25, -0.2) is 0 Å². The molecular weight excluding hydrogens is 396 g/mol. The van der Waals surface area contributed by atoms with E-state index in [0.29, 0.717) is 11.1 Å². The van der Waals surface area contributed by atoms with Crippen molar-refractivity contribution in [1.82, 2.24) is 10.6 Å². The first-order valence-electron chi connectivity index (χ1n) is 11.3. The van der Waals surface area contributed by atoms with Crippen molar-refractivity contribution in [1.29, 1.82) is 0 Å². The second-order valence-corrected chi connectivity index (χ2v) is 8.34. The number of nitrogens with one attached hydrogen (secondary N) is 2. The Labute approximate surface area is 191 Å². The van der Waals surface area contributed by atoms with E-state index < -0.39 is 0 Å². The summed E-state index contributed by atoms with van der Waals surface area (Å²) < 4.78 is 0. The first kappa shape index (κ1) is 23.3. The Hall–Kier alpha value is -3.40. The van der Waals surface area contributed by atoms with E-state index in [-0.39, 0.29) is 23.9 Å². The van der Waals surface area contributed by atoms with Crippen LogP contribution in [0, 0.1) is 0 Å². The van der Waals surface area contributed by atoms with Crippen LogP contribution in [0.2, 0.25) is 0 Å². The van der Waals surface area contributed by atoms with E-state index in [1.807, 2.05) is 50.2 Å². The molecule has 4 nitrogen and oxygen atoms in total. The van der Waals surface area contributed by atoms with Gasteiger partial charge in [0.25, 0.3) is 11.8 Å². The molecule has 0 fully saturated rings. The molecule has 0 radical (unpaired) electrons. The van der Waals surface area contributed by atoms with Gasteiger partial charge in [-0.3, -0.25) is 9.59 Å². The third-order valence-electron chi connectivity index (χ3n) is 5.59. The van der Waals surface area contributed by atoms with Gasteiger partial charge < -0.3 is 10.6 Å². The first-order valence-corrected chi connectivity index (χ1v) is 11.3. The molecule has 0 bridgehead atoms. The van der Waals surface area contributed by atoms with E-state index in [2.05, 4.69) is 34.9 Å². The molecule has 166 valence electrons. The van der Waals surface area contributed by atoms with Crippen molar-refractivity contribution in [2.45, 2.75) is 51.6 Å². The largest absolute Gasteiger partial charge is 0.350 e. The van der Waals surface area contributed by atoms with Crippen LogP contribution < -0.4 is 10.6 Å².